The lowest BCUT2D eigenvalue weighted by Gasteiger charge is -2.48. The summed E-state index contributed by atoms with van der Waals surface area (Å²) in [7, 11) is 0. The molecule has 3 nitrogen and oxygen atoms in total. The van der Waals surface area contributed by atoms with Gasteiger partial charge in [-0.3, -0.25) is 4.57 Å². The fourth-order valence-corrected chi connectivity index (χ4v) is 12.7. The first-order chi connectivity index (χ1) is 33.2. The van der Waals surface area contributed by atoms with Crippen LogP contribution in [0.1, 0.15) is 44.5 Å². The summed E-state index contributed by atoms with van der Waals surface area (Å²) in [5.74, 6) is 0.652. The monoisotopic (exact) mass is 849 g/mol. The molecule has 0 fully saturated rings. The van der Waals surface area contributed by atoms with Gasteiger partial charge in [-0.15, -0.1) is 0 Å². The molecule has 3 aliphatic carbocycles. The third-order valence-corrected chi connectivity index (χ3v) is 15.3. The molecule has 0 saturated heterocycles. The van der Waals surface area contributed by atoms with Crippen molar-refractivity contribution in [2.45, 2.75) is 10.8 Å². The molecule has 15 rings (SSSR count). The van der Waals surface area contributed by atoms with E-state index in [1.807, 2.05) is 0 Å². The van der Waals surface area contributed by atoms with E-state index in [-0.39, 0.29) is 0 Å². The van der Waals surface area contributed by atoms with Crippen molar-refractivity contribution in [2.24, 2.45) is 0 Å². The van der Waals surface area contributed by atoms with Crippen LogP contribution < -0.4 is 0 Å². The second-order valence-corrected chi connectivity index (χ2v) is 18.3. The maximum Gasteiger partial charge on any atom is 0.235 e. The first-order valence-electron chi connectivity index (χ1n) is 23.2. The van der Waals surface area contributed by atoms with Crippen LogP contribution in [0.15, 0.2) is 237 Å². The minimum atomic E-state index is -0.623. The molecular weight excluding hydrogens is 811 g/mol. The SMILES string of the molecule is c1ccc(-c2ccc(-c3nc(-n4c5ccccc5c5cc6c(cc54)C4(c5ccccc5-6)c5ccccc5C5(c6ccccc6-c6ccccc65)c5ccccc54)nc4ccccc34)cc2)cc1. The summed E-state index contributed by atoms with van der Waals surface area (Å²) in [6, 6.07) is 87.5. The maximum absolute atomic E-state index is 5.57. The lowest BCUT2D eigenvalue weighted by molar-refractivity contribution is 0.633. The Kier molecular flexibility index (Phi) is 7.36. The molecule has 0 amide bonds. The average molecular weight is 850 g/mol. The van der Waals surface area contributed by atoms with Gasteiger partial charge in [0.1, 0.15) is 0 Å². The van der Waals surface area contributed by atoms with E-state index in [9.17, 15) is 0 Å². The molecule has 0 atom stereocenters. The van der Waals surface area contributed by atoms with E-state index in [1.165, 1.54) is 88.7 Å². The molecule has 0 bridgehead atoms. The molecule has 0 unspecified atom stereocenters. The highest BCUT2D eigenvalue weighted by molar-refractivity contribution is 6.12. The Morgan fingerprint density at radius 2 is 0.731 bits per heavy atom. The standard InChI is InChI=1S/C64H39N3/c1-2-18-40(19-3-1)41-34-36-42(37-35-41)61-47-24-7-16-32-58(47)65-62(66-61)67-59-33-17-8-23-46(59)49-38-48-45-22-6-11-27-52(45)64(57(48)39-60(49)67)55-30-14-12-28-53(55)63(54-29-13-15-31-56(54)64)50-25-9-4-20-43(50)44-21-5-10-26-51(44)63/h1-39H. The van der Waals surface area contributed by atoms with Crippen LogP contribution in [-0.4, -0.2) is 14.5 Å². The van der Waals surface area contributed by atoms with Gasteiger partial charge in [0, 0.05) is 21.7 Å². The highest BCUT2D eigenvalue weighted by atomic mass is 15.2. The van der Waals surface area contributed by atoms with Gasteiger partial charge in [-0.25, -0.2) is 9.97 Å². The molecule has 3 aliphatic rings. The van der Waals surface area contributed by atoms with Gasteiger partial charge in [0.25, 0.3) is 0 Å². The molecule has 2 aromatic heterocycles. The lowest BCUT2D eigenvalue weighted by atomic mass is 9.52. The van der Waals surface area contributed by atoms with Gasteiger partial charge in [-0.05, 0) is 102 Å². The van der Waals surface area contributed by atoms with Gasteiger partial charge in [-0.2, -0.15) is 0 Å². The second-order valence-electron chi connectivity index (χ2n) is 18.3. The summed E-state index contributed by atoms with van der Waals surface area (Å²) in [6.45, 7) is 0. The Morgan fingerprint density at radius 1 is 0.284 bits per heavy atom. The third kappa shape index (κ3) is 4.65. The summed E-state index contributed by atoms with van der Waals surface area (Å²) in [4.78, 5) is 11.0. The normalized spacial score (nSPS) is 14.2. The highest BCUT2D eigenvalue weighted by Gasteiger charge is 2.59. The Balaban J connectivity index is 1.03. The minimum absolute atomic E-state index is 0.503. The second kappa shape index (κ2) is 13.4. The number of para-hydroxylation sites is 2. The van der Waals surface area contributed by atoms with Crippen LogP contribution in [-0.2, 0) is 10.8 Å². The van der Waals surface area contributed by atoms with Crippen molar-refractivity contribution in [1.29, 1.82) is 0 Å². The highest BCUT2D eigenvalue weighted by Crippen LogP contribution is 2.67. The van der Waals surface area contributed by atoms with Crippen molar-refractivity contribution in [2.75, 3.05) is 0 Å². The van der Waals surface area contributed by atoms with Crippen molar-refractivity contribution in [3.8, 4) is 50.6 Å². The number of hydrogen-bond donors (Lipinski definition) is 0. The minimum Gasteiger partial charge on any atom is -0.278 e. The van der Waals surface area contributed by atoms with Gasteiger partial charge < -0.3 is 0 Å². The van der Waals surface area contributed by atoms with Crippen molar-refractivity contribution < 1.29 is 0 Å². The molecule has 2 heterocycles. The summed E-state index contributed by atoms with van der Waals surface area (Å²) < 4.78 is 2.32. The van der Waals surface area contributed by atoms with Crippen molar-refractivity contribution in [1.82, 2.24) is 14.5 Å². The fourth-order valence-electron chi connectivity index (χ4n) is 12.7. The molecule has 3 heteroatoms. The van der Waals surface area contributed by atoms with E-state index in [1.54, 1.807) is 0 Å². The van der Waals surface area contributed by atoms with Crippen LogP contribution in [0.4, 0.5) is 0 Å². The average Bonchev–Trinajstić information content (AvgIpc) is 4.00. The number of rotatable bonds is 3. The first-order valence-corrected chi connectivity index (χ1v) is 23.2. The lowest BCUT2D eigenvalue weighted by Crippen LogP contribution is -2.43. The zero-order valence-corrected chi connectivity index (χ0v) is 36.4. The number of hydrogen-bond acceptors (Lipinski definition) is 2. The Morgan fingerprint density at radius 3 is 1.34 bits per heavy atom. The van der Waals surface area contributed by atoms with E-state index in [0.29, 0.717) is 5.95 Å². The molecule has 310 valence electrons. The molecule has 0 saturated carbocycles. The Hall–Kier alpha value is -8.66. The van der Waals surface area contributed by atoms with Gasteiger partial charge >= 0.3 is 0 Å². The molecule has 12 aromatic rings. The molecule has 2 spiro atoms. The smallest absolute Gasteiger partial charge is 0.235 e. The van der Waals surface area contributed by atoms with Crippen LogP contribution in [0.2, 0.25) is 0 Å². The Labute approximate surface area is 388 Å². The predicted octanol–water partition coefficient (Wildman–Crippen LogP) is 15.1. The van der Waals surface area contributed by atoms with E-state index in [2.05, 4.69) is 241 Å². The number of aromatic nitrogens is 3. The number of benzene rings is 10. The maximum atomic E-state index is 5.57. The summed E-state index contributed by atoms with van der Waals surface area (Å²) in [5, 5.41) is 3.38. The predicted molar refractivity (Wildman–Crippen MR) is 273 cm³/mol. The van der Waals surface area contributed by atoms with E-state index in [4.69, 9.17) is 9.97 Å². The van der Waals surface area contributed by atoms with Gasteiger partial charge in [-0.1, -0.05) is 212 Å². The fraction of sp³-hybridized carbons (Fsp3) is 0.0312. The van der Waals surface area contributed by atoms with Gasteiger partial charge in [0.15, 0.2) is 0 Å². The first kappa shape index (κ1) is 36.7. The molecular formula is C64H39N3. The molecule has 67 heavy (non-hydrogen) atoms. The number of nitrogens with zero attached hydrogens (tertiary/aromatic N) is 3. The summed E-state index contributed by atoms with van der Waals surface area (Å²) in [5.41, 5.74) is 22.0. The quantitative estimate of drug-likeness (QED) is 0.177. The van der Waals surface area contributed by atoms with Gasteiger partial charge in [0.2, 0.25) is 5.95 Å². The van der Waals surface area contributed by atoms with Crippen LogP contribution in [0.25, 0.3) is 83.3 Å². The molecule has 0 N–H and O–H groups in total. The van der Waals surface area contributed by atoms with Crippen LogP contribution in [0, 0.1) is 0 Å². The van der Waals surface area contributed by atoms with E-state index >= 15 is 0 Å². The third-order valence-electron chi connectivity index (χ3n) is 15.3. The van der Waals surface area contributed by atoms with Crippen LogP contribution >= 0.6 is 0 Å². The molecule has 0 radical (unpaired) electrons. The van der Waals surface area contributed by atoms with E-state index in [0.717, 1.165) is 33.2 Å². The molecule has 0 aliphatic heterocycles. The van der Waals surface area contributed by atoms with E-state index < -0.39 is 10.8 Å². The van der Waals surface area contributed by atoms with Crippen molar-refractivity contribution in [3.63, 3.8) is 0 Å². The van der Waals surface area contributed by atoms with Crippen LogP contribution in [0.5, 0.6) is 0 Å². The van der Waals surface area contributed by atoms with Gasteiger partial charge in [0.05, 0.1) is 33.1 Å². The Bertz CT molecular complexity index is 3950. The van der Waals surface area contributed by atoms with Crippen LogP contribution in [0.3, 0.4) is 0 Å². The van der Waals surface area contributed by atoms with Crippen molar-refractivity contribution >= 4 is 32.7 Å². The summed E-state index contributed by atoms with van der Waals surface area (Å²) in [6.07, 6.45) is 0. The largest absolute Gasteiger partial charge is 0.278 e. The topological polar surface area (TPSA) is 30.7 Å². The zero-order chi connectivity index (χ0) is 43.8. The zero-order valence-electron chi connectivity index (χ0n) is 36.4. The molecule has 10 aromatic carbocycles. The van der Waals surface area contributed by atoms with Crippen molar-refractivity contribution in [3.05, 3.63) is 281 Å². The number of fused-ring (bicyclic) bond motifs is 20. The summed E-state index contributed by atoms with van der Waals surface area (Å²) >= 11 is 0.